The predicted molar refractivity (Wildman–Crippen MR) is 168 cm³/mol. The van der Waals surface area contributed by atoms with Crippen LogP contribution in [-0.2, 0) is 41.6 Å². The zero-order valence-electron chi connectivity index (χ0n) is 25.2. The number of rotatable bonds is 12. The van der Waals surface area contributed by atoms with E-state index in [0.717, 1.165) is 34.6 Å². The molecule has 2 aromatic carbocycles. The van der Waals surface area contributed by atoms with Gasteiger partial charge in [-0.2, -0.15) is 4.68 Å². The number of aromatic nitrogens is 3. The molecule has 1 aliphatic heterocycles. The van der Waals surface area contributed by atoms with Crippen LogP contribution in [0.1, 0.15) is 34.8 Å². The minimum atomic E-state index is -0.644. The molecular formula is C34H34N4O7. The van der Waals surface area contributed by atoms with Crippen LogP contribution < -0.4 is 10.6 Å². The Morgan fingerprint density at radius 2 is 1.71 bits per heavy atom. The Balaban J connectivity index is 1.38. The van der Waals surface area contributed by atoms with Gasteiger partial charge in [0.1, 0.15) is 6.61 Å². The Labute approximate surface area is 259 Å². The van der Waals surface area contributed by atoms with Crippen molar-refractivity contribution in [2.75, 3.05) is 45.2 Å². The normalized spacial score (nSPS) is 14.2. The fraction of sp³-hybridized carbons (Fsp3) is 0.294. The first kappa shape index (κ1) is 30.2. The lowest BCUT2D eigenvalue weighted by Crippen LogP contribution is -2.45. The summed E-state index contributed by atoms with van der Waals surface area (Å²) in [4.78, 5) is 45.9. The van der Waals surface area contributed by atoms with Crippen LogP contribution in [0.2, 0.25) is 0 Å². The number of carbonyl (C=O) groups excluding carboxylic acids is 2. The molecule has 0 N–H and O–H groups in total. The highest BCUT2D eigenvalue weighted by molar-refractivity contribution is 6.26. The molecule has 0 unspecified atom stereocenters. The molecule has 0 fully saturated rings. The van der Waals surface area contributed by atoms with Crippen LogP contribution in [0.3, 0.4) is 0 Å². The van der Waals surface area contributed by atoms with E-state index in [1.54, 1.807) is 37.6 Å². The number of hydrogen-bond donors (Lipinski definition) is 0. The average molecular weight is 611 g/mol. The molecule has 0 spiro atoms. The van der Waals surface area contributed by atoms with Gasteiger partial charge in [-0.05, 0) is 43.5 Å². The smallest absolute Gasteiger partial charge is 0.332 e. The van der Waals surface area contributed by atoms with E-state index in [1.807, 2.05) is 43.3 Å². The molecule has 2 aromatic heterocycles. The summed E-state index contributed by atoms with van der Waals surface area (Å²) in [6.07, 6.45) is 5.09. The van der Waals surface area contributed by atoms with E-state index in [2.05, 4.69) is 15.6 Å². The van der Waals surface area contributed by atoms with E-state index in [0.29, 0.717) is 42.7 Å². The largest absolute Gasteiger partial charge is 0.456 e. The number of ether oxygens (including phenoxy) is 4. The Morgan fingerprint density at radius 1 is 0.956 bits per heavy atom. The van der Waals surface area contributed by atoms with Crippen molar-refractivity contribution in [1.29, 1.82) is 0 Å². The third-order valence-electron chi connectivity index (χ3n) is 7.70. The van der Waals surface area contributed by atoms with Gasteiger partial charge >= 0.3 is 5.97 Å². The minimum Gasteiger partial charge on any atom is -0.456 e. The number of hydrogen-bond acceptors (Lipinski definition) is 8. The number of aryl methyl sites for hydroxylation is 2. The lowest BCUT2D eigenvalue weighted by atomic mass is 9.96. The van der Waals surface area contributed by atoms with Crippen molar-refractivity contribution in [2.24, 2.45) is 0 Å². The topological polar surface area (TPSA) is 114 Å². The Morgan fingerprint density at radius 3 is 2.53 bits per heavy atom. The van der Waals surface area contributed by atoms with Gasteiger partial charge in [-0.25, -0.2) is 14.8 Å². The SMILES string of the molecule is COCCOCCOCC(=O)OCc1nc2ccccc2c(=O)n1N1C=C(c2ccccc2)n2c(C)cc3c2C(=CCC3)C1=O. The Kier molecular flexibility index (Phi) is 9.01. The summed E-state index contributed by atoms with van der Waals surface area (Å²) in [5.41, 5.74) is 4.90. The van der Waals surface area contributed by atoms with Gasteiger partial charge in [0.2, 0.25) is 0 Å². The molecule has 3 heterocycles. The quantitative estimate of drug-likeness (QED) is 0.177. The number of benzene rings is 2. The number of nitrogens with zero attached hydrogens (tertiary/aromatic N) is 4. The first-order chi connectivity index (χ1) is 22.0. The van der Waals surface area contributed by atoms with Crippen LogP contribution in [0.15, 0.2) is 77.7 Å². The van der Waals surface area contributed by atoms with E-state index in [-0.39, 0.29) is 31.6 Å². The van der Waals surface area contributed by atoms with Gasteiger partial charge in [0.15, 0.2) is 12.4 Å². The molecule has 0 saturated carbocycles. The third-order valence-corrected chi connectivity index (χ3v) is 7.70. The highest BCUT2D eigenvalue weighted by Gasteiger charge is 2.34. The first-order valence-electron chi connectivity index (χ1n) is 14.8. The van der Waals surface area contributed by atoms with E-state index in [1.165, 1.54) is 9.69 Å². The summed E-state index contributed by atoms with van der Waals surface area (Å²) in [6, 6.07) is 18.7. The first-order valence-corrected chi connectivity index (χ1v) is 14.8. The van der Waals surface area contributed by atoms with Crippen molar-refractivity contribution in [3.63, 3.8) is 0 Å². The highest BCUT2D eigenvalue weighted by Crippen LogP contribution is 2.37. The summed E-state index contributed by atoms with van der Waals surface area (Å²) in [5.74, 6) is -0.938. The van der Waals surface area contributed by atoms with E-state index in [4.69, 9.17) is 18.9 Å². The molecule has 2 aliphatic rings. The van der Waals surface area contributed by atoms with E-state index >= 15 is 0 Å². The minimum absolute atomic E-state index is 0.0897. The molecule has 11 heteroatoms. The van der Waals surface area contributed by atoms with Crippen LogP contribution in [0, 0.1) is 6.92 Å². The van der Waals surface area contributed by atoms with Gasteiger partial charge in [-0.15, -0.1) is 0 Å². The summed E-state index contributed by atoms with van der Waals surface area (Å²) in [5, 5.41) is 1.62. The number of para-hydroxylation sites is 1. The standard InChI is InChI=1S/C34H34N4O7/c1-23-19-25-11-8-13-27-32(25)37(23)29(24-9-4-3-5-10-24)20-36(33(27)40)38-30(35-28-14-7-6-12-26(28)34(38)41)21-45-31(39)22-44-18-17-43-16-15-42-2/h3-7,9-10,12-14,19-20H,8,11,15-18,21-22H2,1-2H3. The monoisotopic (exact) mass is 610 g/mol. The fourth-order valence-electron chi connectivity index (χ4n) is 5.66. The molecule has 45 heavy (non-hydrogen) atoms. The second-order valence-electron chi connectivity index (χ2n) is 10.7. The van der Waals surface area contributed by atoms with Crippen molar-refractivity contribution in [3.05, 3.63) is 112 Å². The van der Waals surface area contributed by atoms with Crippen molar-refractivity contribution >= 4 is 34.0 Å². The fourth-order valence-corrected chi connectivity index (χ4v) is 5.66. The van der Waals surface area contributed by atoms with E-state index in [9.17, 15) is 14.4 Å². The molecule has 4 aromatic rings. The van der Waals surface area contributed by atoms with Crippen molar-refractivity contribution in [3.8, 4) is 0 Å². The maximum absolute atomic E-state index is 14.4. The number of esters is 1. The Bertz CT molecular complexity index is 1860. The van der Waals surface area contributed by atoms with Crippen LogP contribution in [0.4, 0.5) is 0 Å². The maximum Gasteiger partial charge on any atom is 0.332 e. The number of allylic oxidation sites excluding steroid dienone is 1. The number of methoxy groups -OCH3 is 1. The summed E-state index contributed by atoms with van der Waals surface area (Å²) >= 11 is 0. The van der Waals surface area contributed by atoms with Gasteiger partial charge in [-0.3, -0.25) is 9.59 Å². The van der Waals surface area contributed by atoms with Gasteiger partial charge in [0, 0.05) is 18.4 Å². The van der Waals surface area contributed by atoms with Crippen LogP contribution >= 0.6 is 0 Å². The van der Waals surface area contributed by atoms with Gasteiger partial charge in [-0.1, -0.05) is 48.5 Å². The zero-order valence-corrected chi connectivity index (χ0v) is 25.2. The molecule has 0 atom stereocenters. The molecule has 0 saturated heterocycles. The van der Waals surface area contributed by atoms with Crippen molar-refractivity contribution in [2.45, 2.75) is 26.4 Å². The second kappa shape index (κ2) is 13.4. The molecule has 1 aliphatic carbocycles. The molecule has 0 radical (unpaired) electrons. The summed E-state index contributed by atoms with van der Waals surface area (Å²) in [6.45, 7) is 2.73. The molecule has 11 nitrogen and oxygen atoms in total. The summed E-state index contributed by atoms with van der Waals surface area (Å²) in [7, 11) is 1.59. The van der Waals surface area contributed by atoms with Crippen molar-refractivity contribution in [1.82, 2.24) is 14.2 Å². The molecule has 0 bridgehead atoms. The van der Waals surface area contributed by atoms with Gasteiger partial charge in [0.25, 0.3) is 11.5 Å². The van der Waals surface area contributed by atoms with Gasteiger partial charge in [0.05, 0.1) is 60.5 Å². The summed E-state index contributed by atoms with van der Waals surface area (Å²) < 4.78 is 24.4. The van der Waals surface area contributed by atoms with Crippen LogP contribution in [0.5, 0.6) is 0 Å². The molecule has 1 amide bonds. The Hall–Kier alpha value is -4.84. The van der Waals surface area contributed by atoms with Crippen molar-refractivity contribution < 1.29 is 28.5 Å². The van der Waals surface area contributed by atoms with Gasteiger partial charge < -0.3 is 23.5 Å². The average Bonchev–Trinajstić information content (AvgIpc) is 3.33. The second-order valence-corrected chi connectivity index (χ2v) is 10.7. The molecule has 232 valence electrons. The van der Waals surface area contributed by atoms with Crippen LogP contribution in [-0.4, -0.2) is 66.2 Å². The van der Waals surface area contributed by atoms with E-state index < -0.39 is 11.5 Å². The number of amides is 1. The molecular weight excluding hydrogens is 576 g/mol. The zero-order chi connectivity index (χ0) is 31.3. The maximum atomic E-state index is 14.4. The number of fused-ring (bicyclic) bond motifs is 1. The molecule has 6 rings (SSSR count). The number of carbonyl (C=O) groups is 2. The third kappa shape index (κ3) is 6.10. The van der Waals surface area contributed by atoms with Crippen LogP contribution in [0.25, 0.3) is 22.2 Å². The lowest BCUT2D eigenvalue weighted by Gasteiger charge is -2.24. The lowest BCUT2D eigenvalue weighted by molar-refractivity contribution is -0.151. The predicted octanol–water partition coefficient (Wildman–Crippen LogP) is 3.58. The highest BCUT2D eigenvalue weighted by atomic mass is 16.6.